The predicted molar refractivity (Wildman–Crippen MR) is 56.9 cm³/mol. The zero-order valence-corrected chi connectivity index (χ0v) is 9.14. The zero-order chi connectivity index (χ0) is 10.7. The molecule has 1 aromatic carbocycles. The molecule has 0 saturated heterocycles. The summed E-state index contributed by atoms with van der Waals surface area (Å²) in [4.78, 5) is 11.1. The van der Waals surface area contributed by atoms with E-state index in [0.717, 1.165) is 0 Å². The number of phenols is 1. The van der Waals surface area contributed by atoms with Crippen LogP contribution in [0.5, 0.6) is 5.75 Å². The first-order valence-electron chi connectivity index (χ1n) is 4.09. The van der Waals surface area contributed by atoms with Gasteiger partial charge in [-0.05, 0) is 18.6 Å². The number of carbonyl (C=O) groups is 1. The molecular weight excluding hydrogens is 223 g/mol. The molecule has 2 nitrogen and oxygen atoms in total. The summed E-state index contributed by atoms with van der Waals surface area (Å²) < 4.78 is 0. The van der Waals surface area contributed by atoms with E-state index in [4.69, 9.17) is 23.2 Å². The van der Waals surface area contributed by atoms with Gasteiger partial charge in [0.15, 0.2) is 5.78 Å². The van der Waals surface area contributed by atoms with E-state index in [-0.39, 0.29) is 17.4 Å². The van der Waals surface area contributed by atoms with Crippen LogP contribution >= 0.6 is 23.2 Å². The maximum atomic E-state index is 11.1. The summed E-state index contributed by atoms with van der Waals surface area (Å²) >= 11 is 11.5. The van der Waals surface area contributed by atoms with Gasteiger partial charge in [-0.15, -0.1) is 23.2 Å². The van der Waals surface area contributed by atoms with Crippen molar-refractivity contribution >= 4 is 29.0 Å². The largest absolute Gasteiger partial charge is 0.508 e. The lowest BCUT2D eigenvalue weighted by Gasteiger charge is -2.12. The third-order valence-electron chi connectivity index (χ3n) is 1.93. The van der Waals surface area contributed by atoms with Gasteiger partial charge in [0.1, 0.15) is 11.1 Å². The Labute approximate surface area is 92.5 Å². The van der Waals surface area contributed by atoms with Gasteiger partial charge in [-0.1, -0.05) is 12.1 Å². The molecule has 0 aliphatic carbocycles. The fraction of sp³-hybridized carbons (Fsp3) is 0.300. The van der Waals surface area contributed by atoms with Crippen molar-refractivity contribution in [2.24, 2.45) is 0 Å². The first-order chi connectivity index (χ1) is 6.57. The van der Waals surface area contributed by atoms with Crippen LogP contribution in [0, 0.1) is 0 Å². The quantitative estimate of drug-likeness (QED) is 0.814. The van der Waals surface area contributed by atoms with Gasteiger partial charge in [-0.2, -0.15) is 0 Å². The first kappa shape index (κ1) is 11.3. The molecule has 1 N–H and O–H groups in total. The number of alkyl halides is 2. The van der Waals surface area contributed by atoms with Crippen LogP contribution in [0.2, 0.25) is 0 Å². The van der Waals surface area contributed by atoms with Crippen LogP contribution in [-0.2, 0) is 10.7 Å². The van der Waals surface area contributed by atoms with Gasteiger partial charge in [0.05, 0.1) is 0 Å². The maximum Gasteiger partial charge on any atom is 0.152 e. The Morgan fingerprint density at radius 2 is 2.21 bits per heavy atom. The Hall–Kier alpha value is -0.730. The van der Waals surface area contributed by atoms with E-state index in [9.17, 15) is 9.90 Å². The van der Waals surface area contributed by atoms with Crippen molar-refractivity contribution in [3.63, 3.8) is 0 Å². The van der Waals surface area contributed by atoms with Gasteiger partial charge in [0.2, 0.25) is 0 Å². The molecule has 0 fully saturated rings. The third-order valence-corrected chi connectivity index (χ3v) is 2.74. The van der Waals surface area contributed by atoms with Crippen molar-refractivity contribution < 1.29 is 9.90 Å². The van der Waals surface area contributed by atoms with Gasteiger partial charge in [0.25, 0.3) is 0 Å². The van der Waals surface area contributed by atoms with Gasteiger partial charge >= 0.3 is 0 Å². The van der Waals surface area contributed by atoms with Gasteiger partial charge in [-0.25, -0.2) is 0 Å². The Morgan fingerprint density at radius 1 is 1.57 bits per heavy atom. The second-order valence-electron chi connectivity index (χ2n) is 2.96. The normalized spacial score (nSPS) is 12.5. The van der Waals surface area contributed by atoms with E-state index in [1.165, 1.54) is 13.0 Å². The standard InChI is InChI=1S/C10H10Cl2O2/c1-6(13)10(12)9-7(5-11)3-2-4-8(9)14/h2-4,10,14H,5H2,1H3. The summed E-state index contributed by atoms with van der Waals surface area (Å²) in [6.45, 7) is 1.38. The molecule has 0 amide bonds. The third kappa shape index (κ3) is 2.20. The van der Waals surface area contributed by atoms with E-state index in [1.807, 2.05) is 0 Å². The average molecular weight is 233 g/mol. The lowest BCUT2D eigenvalue weighted by Crippen LogP contribution is -2.04. The SMILES string of the molecule is CC(=O)C(Cl)c1c(O)cccc1CCl. The second-order valence-corrected chi connectivity index (χ2v) is 3.66. The molecule has 1 aromatic rings. The minimum Gasteiger partial charge on any atom is -0.508 e. The van der Waals surface area contributed by atoms with Crippen molar-refractivity contribution in [2.45, 2.75) is 18.2 Å². The fourth-order valence-corrected chi connectivity index (χ4v) is 1.70. The molecule has 0 saturated carbocycles. The molecule has 0 aliphatic heterocycles. The summed E-state index contributed by atoms with van der Waals surface area (Å²) in [5.41, 5.74) is 1.10. The number of phenolic OH excluding ortho intramolecular Hbond substituents is 1. The van der Waals surface area contributed by atoms with Crippen LogP contribution < -0.4 is 0 Å². The molecule has 1 unspecified atom stereocenters. The number of hydrogen-bond acceptors (Lipinski definition) is 2. The molecule has 0 spiro atoms. The Kier molecular flexibility index (Phi) is 3.78. The van der Waals surface area contributed by atoms with E-state index in [0.29, 0.717) is 11.1 Å². The average Bonchev–Trinajstić information content (AvgIpc) is 2.16. The van der Waals surface area contributed by atoms with Crippen molar-refractivity contribution in [3.05, 3.63) is 29.3 Å². The number of carbonyl (C=O) groups excluding carboxylic acids is 1. The number of halogens is 2. The number of rotatable bonds is 3. The summed E-state index contributed by atoms with van der Waals surface area (Å²) in [6, 6.07) is 4.89. The van der Waals surface area contributed by atoms with Gasteiger partial charge < -0.3 is 5.11 Å². The number of benzene rings is 1. The summed E-state index contributed by atoms with van der Waals surface area (Å²) in [5, 5.41) is 8.72. The molecule has 14 heavy (non-hydrogen) atoms. The molecule has 0 heterocycles. The summed E-state index contributed by atoms with van der Waals surface area (Å²) in [7, 11) is 0. The summed E-state index contributed by atoms with van der Waals surface area (Å²) in [6.07, 6.45) is 0. The highest BCUT2D eigenvalue weighted by molar-refractivity contribution is 6.31. The van der Waals surface area contributed by atoms with Gasteiger partial charge in [0, 0.05) is 11.4 Å². The Balaban J connectivity index is 3.23. The van der Waals surface area contributed by atoms with Crippen molar-refractivity contribution in [2.75, 3.05) is 0 Å². The van der Waals surface area contributed by atoms with E-state index < -0.39 is 5.38 Å². The van der Waals surface area contributed by atoms with E-state index in [2.05, 4.69) is 0 Å². The van der Waals surface area contributed by atoms with Crippen molar-refractivity contribution in [1.82, 2.24) is 0 Å². The van der Waals surface area contributed by atoms with E-state index >= 15 is 0 Å². The molecule has 0 aromatic heterocycles. The molecule has 4 heteroatoms. The smallest absolute Gasteiger partial charge is 0.152 e. The zero-order valence-electron chi connectivity index (χ0n) is 7.63. The highest BCUT2D eigenvalue weighted by atomic mass is 35.5. The predicted octanol–water partition coefficient (Wildman–Crippen LogP) is 3.00. The second kappa shape index (κ2) is 4.67. The molecule has 0 bridgehead atoms. The molecule has 1 atom stereocenters. The molecule has 0 radical (unpaired) electrons. The highest BCUT2D eigenvalue weighted by Crippen LogP contribution is 2.33. The minimum absolute atomic E-state index is 0.0124. The molecule has 0 aliphatic rings. The van der Waals surface area contributed by atoms with Crippen LogP contribution in [-0.4, -0.2) is 10.9 Å². The number of ketones is 1. The van der Waals surface area contributed by atoms with Crippen LogP contribution in [0.3, 0.4) is 0 Å². The summed E-state index contributed by atoms with van der Waals surface area (Å²) in [5.74, 6) is 0.0260. The van der Waals surface area contributed by atoms with Crippen LogP contribution in [0.15, 0.2) is 18.2 Å². The number of aromatic hydroxyl groups is 1. The maximum absolute atomic E-state index is 11.1. The molecule has 76 valence electrons. The topological polar surface area (TPSA) is 37.3 Å². The molecule has 1 rings (SSSR count). The van der Waals surface area contributed by atoms with E-state index in [1.54, 1.807) is 12.1 Å². The Morgan fingerprint density at radius 3 is 2.71 bits per heavy atom. The molecular formula is C10H10Cl2O2. The monoisotopic (exact) mass is 232 g/mol. The minimum atomic E-state index is -0.829. The first-order valence-corrected chi connectivity index (χ1v) is 5.06. The van der Waals surface area contributed by atoms with Crippen molar-refractivity contribution in [1.29, 1.82) is 0 Å². The lowest BCUT2D eigenvalue weighted by molar-refractivity contribution is -0.116. The van der Waals surface area contributed by atoms with Gasteiger partial charge in [-0.3, -0.25) is 4.79 Å². The fourth-order valence-electron chi connectivity index (χ4n) is 1.21. The number of Topliss-reactive ketones (excluding diaryl/α,β-unsaturated/α-hetero) is 1. The lowest BCUT2D eigenvalue weighted by atomic mass is 10.0. The number of hydrogen-bond donors (Lipinski definition) is 1. The Bertz CT molecular complexity index is 350. The highest BCUT2D eigenvalue weighted by Gasteiger charge is 2.20. The van der Waals surface area contributed by atoms with Crippen LogP contribution in [0.4, 0.5) is 0 Å². The van der Waals surface area contributed by atoms with Crippen LogP contribution in [0.1, 0.15) is 23.4 Å². The van der Waals surface area contributed by atoms with Crippen molar-refractivity contribution in [3.8, 4) is 5.75 Å². The van der Waals surface area contributed by atoms with Crippen LogP contribution in [0.25, 0.3) is 0 Å².